The molecule has 2 amide bonds. The second kappa shape index (κ2) is 9.63. The maximum absolute atomic E-state index is 13.2. The summed E-state index contributed by atoms with van der Waals surface area (Å²) in [6.07, 6.45) is 1.89. The Balaban J connectivity index is 1.44. The van der Waals surface area contributed by atoms with Crippen LogP contribution in [0.1, 0.15) is 35.2 Å². The van der Waals surface area contributed by atoms with Crippen LogP contribution in [0, 0.1) is 6.92 Å². The van der Waals surface area contributed by atoms with Gasteiger partial charge in [-0.3, -0.25) is 14.3 Å². The summed E-state index contributed by atoms with van der Waals surface area (Å²) >= 11 is 0. The number of rotatable bonds is 5. The normalized spacial score (nSPS) is 22.5. The van der Waals surface area contributed by atoms with E-state index in [0.717, 1.165) is 17.5 Å². The fraction of sp³-hybridized carbons (Fsp3) is 0.417. The minimum atomic E-state index is -3.48. The Morgan fingerprint density at radius 1 is 1.12 bits per heavy atom. The van der Waals surface area contributed by atoms with E-state index in [-0.39, 0.29) is 48.7 Å². The van der Waals surface area contributed by atoms with Crippen molar-refractivity contribution in [2.75, 3.05) is 29.9 Å². The highest BCUT2D eigenvalue weighted by Gasteiger charge is 2.39. The molecule has 0 unspecified atom stereocenters. The van der Waals surface area contributed by atoms with Gasteiger partial charge in [-0.1, -0.05) is 17.7 Å². The Labute approximate surface area is 199 Å². The van der Waals surface area contributed by atoms with Gasteiger partial charge in [0.05, 0.1) is 30.4 Å². The van der Waals surface area contributed by atoms with E-state index in [1.54, 1.807) is 24.1 Å². The van der Waals surface area contributed by atoms with Gasteiger partial charge in [0.2, 0.25) is 15.9 Å². The highest BCUT2D eigenvalue weighted by molar-refractivity contribution is 7.92. The van der Waals surface area contributed by atoms with Crippen molar-refractivity contribution in [3.8, 4) is 5.75 Å². The molecule has 34 heavy (non-hydrogen) atoms. The van der Waals surface area contributed by atoms with Crippen LogP contribution in [0.4, 0.5) is 11.4 Å². The van der Waals surface area contributed by atoms with Crippen molar-refractivity contribution in [1.82, 2.24) is 4.90 Å². The number of likely N-dealkylation sites (N-methyl/N-ethyl adjacent to an activating group) is 1. The van der Waals surface area contributed by atoms with Gasteiger partial charge < -0.3 is 19.7 Å². The summed E-state index contributed by atoms with van der Waals surface area (Å²) in [5, 5.41) is 2.90. The van der Waals surface area contributed by atoms with Crippen LogP contribution in [0.5, 0.6) is 5.75 Å². The minimum absolute atomic E-state index is 0.125. The minimum Gasteiger partial charge on any atom is -0.490 e. The highest BCUT2D eigenvalue weighted by atomic mass is 32.2. The summed E-state index contributed by atoms with van der Waals surface area (Å²) in [7, 11) is -1.77. The number of amides is 2. The van der Waals surface area contributed by atoms with Gasteiger partial charge in [0.25, 0.3) is 5.91 Å². The molecule has 182 valence electrons. The molecule has 4 rings (SSSR count). The molecule has 3 atom stereocenters. The maximum Gasteiger partial charge on any atom is 0.257 e. The second-order valence-corrected chi connectivity index (χ2v) is 10.6. The SMILES string of the molecule is Cc1ccc(NC(=O)C[C@H]2CC[C@H]3[C@@H](COc4ccc(NS(C)(=O)=O)cc4C(=O)N3C)O2)cc1. The molecule has 2 aromatic rings. The van der Waals surface area contributed by atoms with Crippen LogP contribution in [0.25, 0.3) is 0 Å². The van der Waals surface area contributed by atoms with Gasteiger partial charge in [-0.15, -0.1) is 0 Å². The van der Waals surface area contributed by atoms with Crippen LogP contribution in [0.2, 0.25) is 0 Å². The first-order valence-electron chi connectivity index (χ1n) is 11.1. The molecular weight excluding hydrogens is 458 g/mol. The Kier molecular flexibility index (Phi) is 6.81. The zero-order valence-corrected chi connectivity index (χ0v) is 20.2. The van der Waals surface area contributed by atoms with Gasteiger partial charge >= 0.3 is 0 Å². The molecule has 2 N–H and O–H groups in total. The van der Waals surface area contributed by atoms with E-state index in [0.29, 0.717) is 24.3 Å². The fourth-order valence-electron chi connectivity index (χ4n) is 4.36. The van der Waals surface area contributed by atoms with Crippen LogP contribution < -0.4 is 14.8 Å². The first-order valence-corrected chi connectivity index (χ1v) is 13.0. The summed E-state index contributed by atoms with van der Waals surface area (Å²) in [4.78, 5) is 27.3. The molecule has 2 heterocycles. The number of anilines is 2. The largest absolute Gasteiger partial charge is 0.490 e. The number of nitrogens with zero attached hydrogens (tertiary/aromatic N) is 1. The van der Waals surface area contributed by atoms with E-state index < -0.39 is 10.0 Å². The smallest absolute Gasteiger partial charge is 0.257 e. The maximum atomic E-state index is 13.2. The summed E-state index contributed by atoms with van der Waals surface area (Å²) in [6, 6.07) is 12.0. The van der Waals surface area contributed by atoms with Gasteiger partial charge in [0.1, 0.15) is 18.5 Å². The van der Waals surface area contributed by atoms with Crippen molar-refractivity contribution >= 4 is 33.2 Å². The number of sulfonamides is 1. The van der Waals surface area contributed by atoms with Crippen LogP contribution in [-0.4, -0.2) is 63.3 Å². The number of nitrogens with one attached hydrogen (secondary N) is 2. The molecule has 2 aromatic carbocycles. The average molecular weight is 488 g/mol. The van der Waals surface area contributed by atoms with Crippen molar-refractivity contribution in [1.29, 1.82) is 0 Å². The Morgan fingerprint density at radius 2 is 1.82 bits per heavy atom. The zero-order chi connectivity index (χ0) is 24.5. The molecular formula is C24H29N3O6S. The molecule has 1 saturated heterocycles. The monoisotopic (exact) mass is 487 g/mol. The number of aryl methyl sites for hydroxylation is 1. The molecule has 0 aromatic heterocycles. The van der Waals surface area contributed by atoms with Crippen molar-refractivity contribution in [2.45, 2.75) is 44.4 Å². The number of fused-ring (bicyclic) bond motifs is 2. The number of carbonyl (C=O) groups excluding carboxylic acids is 2. The summed E-state index contributed by atoms with van der Waals surface area (Å²) in [5.41, 5.74) is 2.44. The highest BCUT2D eigenvalue weighted by Crippen LogP contribution is 2.32. The lowest BCUT2D eigenvalue weighted by atomic mass is 9.94. The molecule has 0 aliphatic carbocycles. The van der Waals surface area contributed by atoms with Gasteiger partial charge in [0.15, 0.2) is 0 Å². The summed E-state index contributed by atoms with van der Waals surface area (Å²) in [5.74, 6) is -0.0436. The molecule has 0 bridgehead atoms. The number of benzene rings is 2. The van der Waals surface area contributed by atoms with Crippen LogP contribution in [0.3, 0.4) is 0 Å². The molecule has 0 spiro atoms. The predicted molar refractivity (Wildman–Crippen MR) is 129 cm³/mol. The molecule has 2 aliphatic rings. The molecule has 1 fully saturated rings. The zero-order valence-electron chi connectivity index (χ0n) is 19.4. The number of ether oxygens (including phenoxy) is 2. The van der Waals surface area contributed by atoms with Crippen LogP contribution in [0.15, 0.2) is 42.5 Å². The lowest BCUT2D eigenvalue weighted by Crippen LogP contribution is -2.53. The number of hydrogen-bond acceptors (Lipinski definition) is 6. The fourth-order valence-corrected chi connectivity index (χ4v) is 4.92. The quantitative estimate of drug-likeness (QED) is 0.670. The predicted octanol–water partition coefficient (Wildman–Crippen LogP) is 2.78. The van der Waals surface area contributed by atoms with E-state index in [2.05, 4.69) is 10.0 Å². The molecule has 0 saturated carbocycles. The number of hydrogen-bond donors (Lipinski definition) is 2. The first-order chi connectivity index (χ1) is 16.1. The molecule has 0 radical (unpaired) electrons. The molecule has 10 heteroatoms. The van der Waals surface area contributed by atoms with Gasteiger partial charge in [-0.25, -0.2) is 8.42 Å². The van der Waals surface area contributed by atoms with Crippen molar-refractivity contribution in [3.05, 3.63) is 53.6 Å². The van der Waals surface area contributed by atoms with E-state index in [1.807, 2.05) is 31.2 Å². The van der Waals surface area contributed by atoms with Crippen molar-refractivity contribution in [3.63, 3.8) is 0 Å². The average Bonchev–Trinajstić information content (AvgIpc) is 2.77. The van der Waals surface area contributed by atoms with Gasteiger partial charge in [-0.05, 0) is 50.1 Å². The summed E-state index contributed by atoms with van der Waals surface area (Å²) in [6.45, 7) is 2.20. The Bertz CT molecular complexity index is 1180. The molecule has 2 aliphatic heterocycles. The standard InChI is InChI=1S/C24H29N3O6S/c1-15-4-6-16(7-5-15)25-23(28)13-18-9-10-20-22(33-18)14-32-21-11-8-17(26-34(3,30)31)12-19(21)24(29)27(20)2/h4-8,11-12,18,20,22,26H,9-10,13-14H2,1-3H3,(H,25,28)/t18-,20+,22-/m1/s1. The van der Waals surface area contributed by atoms with E-state index in [9.17, 15) is 18.0 Å². The van der Waals surface area contributed by atoms with Crippen LogP contribution in [-0.2, 0) is 19.6 Å². The van der Waals surface area contributed by atoms with Crippen molar-refractivity contribution in [2.24, 2.45) is 0 Å². The third-order valence-electron chi connectivity index (χ3n) is 6.06. The van der Waals surface area contributed by atoms with Crippen molar-refractivity contribution < 1.29 is 27.5 Å². The lowest BCUT2D eigenvalue weighted by molar-refractivity contribution is -0.130. The summed E-state index contributed by atoms with van der Waals surface area (Å²) < 4.78 is 37.6. The van der Waals surface area contributed by atoms with Crippen LogP contribution >= 0.6 is 0 Å². The van der Waals surface area contributed by atoms with E-state index >= 15 is 0 Å². The van der Waals surface area contributed by atoms with E-state index in [1.165, 1.54) is 6.07 Å². The lowest BCUT2D eigenvalue weighted by Gasteiger charge is -2.42. The second-order valence-electron chi connectivity index (χ2n) is 8.87. The van der Waals surface area contributed by atoms with Gasteiger partial charge in [0, 0.05) is 18.4 Å². The third kappa shape index (κ3) is 5.68. The Hall–Kier alpha value is -3.11. The van der Waals surface area contributed by atoms with Gasteiger partial charge in [-0.2, -0.15) is 0 Å². The van der Waals surface area contributed by atoms with E-state index in [4.69, 9.17) is 9.47 Å². The first kappa shape index (κ1) is 24.0. The Morgan fingerprint density at radius 3 is 2.53 bits per heavy atom. The molecule has 9 nitrogen and oxygen atoms in total. The third-order valence-corrected chi connectivity index (χ3v) is 6.67. The number of carbonyl (C=O) groups is 2. The topological polar surface area (TPSA) is 114 Å².